The molecule has 0 aliphatic carbocycles. The highest BCUT2D eigenvalue weighted by molar-refractivity contribution is 6.16. The molecule has 1 heterocycles. The summed E-state index contributed by atoms with van der Waals surface area (Å²) >= 11 is 5.46. The highest BCUT2D eigenvalue weighted by Gasteiger charge is 2.12. The van der Waals surface area contributed by atoms with Crippen molar-refractivity contribution in [1.29, 1.82) is 0 Å². The summed E-state index contributed by atoms with van der Waals surface area (Å²) in [5.41, 5.74) is 0.0959. The predicted octanol–water partition coefficient (Wildman–Crippen LogP) is 2.39. The summed E-state index contributed by atoms with van der Waals surface area (Å²) in [4.78, 5) is 14.2. The highest BCUT2D eigenvalue weighted by atomic mass is 35.5. The van der Waals surface area contributed by atoms with E-state index in [9.17, 15) is 13.6 Å². The van der Waals surface area contributed by atoms with Gasteiger partial charge in [0.1, 0.15) is 0 Å². The lowest BCUT2D eigenvalue weighted by molar-refractivity contribution is -0.136. The summed E-state index contributed by atoms with van der Waals surface area (Å²) in [6.07, 6.45) is -3.03. The maximum Gasteiger partial charge on any atom is 0.309 e. The molecule has 6 heteroatoms. The van der Waals surface area contributed by atoms with Crippen molar-refractivity contribution in [1.82, 2.24) is 4.98 Å². The highest BCUT2D eigenvalue weighted by Crippen LogP contribution is 2.21. The van der Waals surface area contributed by atoms with E-state index in [0.29, 0.717) is 0 Å². The van der Waals surface area contributed by atoms with E-state index >= 15 is 0 Å². The molecule has 1 rings (SSSR count). The zero-order valence-corrected chi connectivity index (χ0v) is 8.34. The first-order valence-electron chi connectivity index (χ1n) is 4.08. The summed E-state index contributed by atoms with van der Waals surface area (Å²) in [6, 6.07) is 2.25. The first kappa shape index (κ1) is 11.8. The number of carboxylic acid groups (broad SMARTS) is 1. The average Bonchev–Trinajstić information content (AvgIpc) is 2.16. The number of hydrogen-bond acceptors (Lipinski definition) is 2. The smallest absolute Gasteiger partial charge is 0.309 e. The number of aromatic nitrogens is 1. The fourth-order valence-electron chi connectivity index (χ4n) is 1.12. The molecule has 0 aliphatic rings. The molecule has 3 nitrogen and oxygen atoms in total. The van der Waals surface area contributed by atoms with Crippen molar-refractivity contribution >= 4 is 17.6 Å². The van der Waals surface area contributed by atoms with E-state index in [0.717, 1.165) is 6.07 Å². The van der Waals surface area contributed by atoms with Crippen molar-refractivity contribution in [2.45, 2.75) is 18.7 Å². The van der Waals surface area contributed by atoms with Crippen LogP contribution in [-0.4, -0.2) is 16.1 Å². The van der Waals surface area contributed by atoms with Gasteiger partial charge in [-0.1, -0.05) is 0 Å². The van der Waals surface area contributed by atoms with Crippen LogP contribution >= 0.6 is 11.6 Å². The van der Waals surface area contributed by atoms with Crippen LogP contribution in [0, 0.1) is 0 Å². The largest absolute Gasteiger partial charge is 0.481 e. The van der Waals surface area contributed by atoms with E-state index < -0.39 is 12.4 Å². The van der Waals surface area contributed by atoms with Gasteiger partial charge in [0, 0.05) is 5.56 Å². The third-order valence-electron chi connectivity index (χ3n) is 1.68. The number of halogens is 3. The molecule has 0 bridgehead atoms. The van der Waals surface area contributed by atoms with Crippen LogP contribution < -0.4 is 0 Å². The molecule has 0 radical (unpaired) electrons. The van der Waals surface area contributed by atoms with Gasteiger partial charge in [0.15, 0.2) is 0 Å². The Morgan fingerprint density at radius 1 is 1.47 bits per heavy atom. The summed E-state index contributed by atoms with van der Waals surface area (Å²) < 4.78 is 24.8. The number of aliphatic carboxylic acids is 1. The van der Waals surface area contributed by atoms with E-state index in [1.165, 1.54) is 6.07 Å². The summed E-state index contributed by atoms with van der Waals surface area (Å²) in [5.74, 6) is -1.14. The molecule has 0 amide bonds. The van der Waals surface area contributed by atoms with Crippen LogP contribution in [0.1, 0.15) is 23.4 Å². The van der Waals surface area contributed by atoms with Gasteiger partial charge in [-0.15, -0.1) is 11.6 Å². The zero-order valence-electron chi connectivity index (χ0n) is 7.58. The Hall–Kier alpha value is -1.23. The second-order valence-electron chi connectivity index (χ2n) is 2.89. The van der Waals surface area contributed by atoms with Gasteiger partial charge < -0.3 is 5.11 Å². The second-order valence-corrected chi connectivity index (χ2v) is 3.16. The molecule has 0 saturated heterocycles. The molecule has 0 aliphatic heterocycles. The van der Waals surface area contributed by atoms with Gasteiger partial charge >= 0.3 is 5.97 Å². The van der Waals surface area contributed by atoms with E-state index in [2.05, 4.69) is 4.98 Å². The Balaban J connectivity index is 3.05. The molecule has 1 aromatic heterocycles. The molecular weight excluding hydrogens is 228 g/mol. The van der Waals surface area contributed by atoms with Crippen molar-refractivity contribution < 1.29 is 18.7 Å². The zero-order chi connectivity index (χ0) is 11.4. The van der Waals surface area contributed by atoms with Crippen LogP contribution in [0.5, 0.6) is 0 Å². The van der Waals surface area contributed by atoms with E-state index in [4.69, 9.17) is 16.7 Å². The molecular formula is C9H8ClF2NO2. The van der Waals surface area contributed by atoms with E-state index in [1.807, 2.05) is 0 Å². The van der Waals surface area contributed by atoms with Crippen LogP contribution in [0.3, 0.4) is 0 Å². The van der Waals surface area contributed by atoms with Gasteiger partial charge in [-0.2, -0.15) is 0 Å². The topological polar surface area (TPSA) is 50.2 Å². The maximum absolute atomic E-state index is 12.4. The molecule has 0 spiro atoms. The molecule has 0 fully saturated rings. The number of alkyl halides is 3. The van der Waals surface area contributed by atoms with Gasteiger partial charge in [-0.05, 0) is 12.1 Å². The Bertz CT molecular complexity index is 371. The first-order chi connectivity index (χ1) is 7.02. The molecule has 0 aromatic carbocycles. The maximum atomic E-state index is 12.4. The lowest BCUT2D eigenvalue weighted by atomic mass is 10.1. The number of nitrogens with zero attached hydrogens (tertiary/aromatic N) is 1. The van der Waals surface area contributed by atoms with Gasteiger partial charge in [0.2, 0.25) is 0 Å². The third-order valence-corrected chi connectivity index (χ3v) is 1.95. The Morgan fingerprint density at radius 2 is 2.07 bits per heavy atom. The summed E-state index contributed by atoms with van der Waals surface area (Å²) in [5, 5.41) is 8.50. The van der Waals surface area contributed by atoms with Crippen molar-refractivity contribution in [3.8, 4) is 0 Å². The fraction of sp³-hybridized carbons (Fsp3) is 0.333. The first-order valence-corrected chi connectivity index (χ1v) is 4.62. The van der Waals surface area contributed by atoms with Crippen molar-refractivity contribution in [2.24, 2.45) is 0 Å². The molecule has 0 unspecified atom stereocenters. The van der Waals surface area contributed by atoms with Gasteiger partial charge in [0.05, 0.1) is 23.7 Å². The summed E-state index contributed by atoms with van der Waals surface area (Å²) in [6.45, 7) is 0. The van der Waals surface area contributed by atoms with Crippen LogP contribution in [0.15, 0.2) is 12.1 Å². The van der Waals surface area contributed by atoms with Crippen LogP contribution in [-0.2, 0) is 17.1 Å². The van der Waals surface area contributed by atoms with Crippen molar-refractivity contribution in [2.75, 3.05) is 0 Å². The van der Waals surface area contributed by atoms with Crippen LogP contribution in [0.2, 0.25) is 0 Å². The van der Waals surface area contributed by atoms with Gasteiger partial charge in [-0.25, -0.2) is 8.78 Å². The summed E-state index contributed by atoms with van der Waals surface area (Å²) in [7, 11) is 0. The fourth-order valence-corrected chi connectivity index (χ4v) is 1.25. The Labute approximate surface area is 89.7 Å². The lowest BCUT2D eigenvalue weighted by Crippen LogP contribution is -2.05. The van der Waals surface area contributed by atoms with E-state index in [1.54, 1.807) is 0 Å². The normalized spacial score (nSPS) is 10.7. The second kappa shape index (κ2) is 5.02. The average molecular weight is 236 g/mol. The minimum atomic E-state index is -2.65. The SMILES string of the molecule is O=C(O)Cc1cc(C(F)F)cc(CCl)n1. The molecule has 1 aromatic rings. The Morgan fingerprint density at radius 3 is 2.53 bits per heavy atom. The Kier molecular flexibility index (Phi) is 3.96. The van der Waals surface area contributed by atoms with Crippen LogP contribution in [0.4, 0.5) is 8.78 Å². The standard InChI is InChI=1S/C9H8ClF2NO2/c10-4-7-2-5(9(11)12)1-6(13-7)3-8(14)15/h1-2,9H,3-4H2,(H,14,15). The van der Waals surface area contributed by atoms with E-state index in [-0.39, 0.29) is 29.3 Å². The van der Waals surface area contributed by atoms with Crippen LogP contribution in [0.25, 0.3) is 0 Å². The molecule has 15 heavy (non-hydrogen) atoms. The van der Waals surface area contributed by atoms with Crippen molar-refractivity contribution in [3.63, 3.8) is 0 Å². The third kappa shape index (κ3) is 3.43. The number of hydrogen-bond donors (Lipinski definition) is 1. The lowest BCUT2D eigenvalue weighted by Gasteiger charge is -2.05. The van der Waals surface area contributed by atoms with Gasteiger partial charge in [-0.3, -0.25) is 9.78 Å². The number of carbonyl (C=O) groups is 1. The quantitative estimate of drug-likeness (QED) is 0.816. The molecule has 1 N–H and O–H groups in total. The predicted molar refractivity (Wildman–Crippen MR) is 50.1 cm³/mol. The number of carboxylic acids is 1. The molecule has 82 valence electrons. The minimum Gasteiger partial charge on any atom is -0.481 e. The molecule has 0 atom stereocenters. The molecule has 0 saturated carbocycles. The van der Waals surface area contributed by atoms with Gasteiger partial charge in [0.25, 0.3) is 6.43 Å². The number of rotatable bonds is 4. The minimum absolute atomic E-state index is 0.0207. The number of pyridine rings is 1. The van der Waals surface area contributed by atoms with Crippen molar-refractivity contribution in [3.05, 3.63) is 29.1 Å². The monoisotopic (exact) mass is 235 g/mol.